The topological polar surface area (TPSA) is 57.4 Å². The molecule has 0 spiro atoms. The lowest BCUT2D eigenvalue weighted by atomic mass is 9.96. The second kappa shape index (κ2) is 7.78. The molecule has 0 saturated heterocycles. The van der Waals surface area contributed by atoms with Crippen LogP contribution in [0, 0.1) is 5.92 Å². The third-order valence-corrected chi connectivity index (χ3v) is 5.14. The number of hydrogen-bond donors (Lipinski definition) is 2. The lowest BCUT2D eigenvalue weighted by molar-refractivity contribution is 0.541. The lowest BCUT2D eigenvalue weighted by Crippen LogP contribution is -2.00. The maximum absolute atomic E-state index is 4.84. The van der Waals surface area contributed by atoms with Crippen molar-refractivity contribution in [1.29, 1.82) is 0 Å². The normalized spacial score (nSPS) is 12.5. The predicted molar refractivity (Wildman–Crippen MR) is 113 cm³/mol. The van der Waals surface area contributed by atoms with Crippen LogP contribution in [-0.2, 0) is 0 Å². The molecule has 0 fully saturated rings. The van der Waals surface area contributed by atoms with Crippen molar-refractivity contribution in [2.24, 2.45) is 5.92 Å². The number of allylic oxidation sites excluding steroid dienone is 1. The van der Waals surface area contributed by atoms with Gasteiger partial charge in [-0.3, -0.25) is 0 Å². The molecule has 4 heteroatoms. The molecule has 0 saturated carbocycles. The summed E-state index contributed by atoms with van der Waals surface area (Å²) >= 11 is 0. The summed E-state index contributed by atoms with van der Waals surface area (Å²) in [6, 6.07) is 16.3. The molecule has 0 amide bonds. The summed E-state index contributed by atoms with van der Waals surface area (Å²) in [5.74, 6) is 2.27. The number of benzene rings is 2. The molecular weight excluding hydrogens is 332 g/mol. The molecule has 4 rings (SSSR count). The minimum atomic E-state index is 0.515. The Balaban J connectivity index is 1.83. The van der Waals surface area contributed by atoms with Gasteiger partial charge in [-0.25, -0.2) is 9.97 Å². The van der Waals surface area contributed by atoms with Crippen molar-refractivity contribution in [3.8, 4) is 0 Å². The Bertz CT molecular complexity index is 928. The Morgan fingerprint density at radius 2 is 1.44 bits per heavy atom. The number of imidazole rings is 2. The van der Waals surface area contributed by atoms with Gasteiger partial charge in [-0.2, -0.15) is 0 Å². The number of nitrogens with one attached hydrogen (secondary N) is 2. The van der Waals surface area contributed by atoms with Crippen molar-refractivity contribution in [2.75, 3.05) is 0 Å². The standard InChI is InChI=1S/C23H26N4/c1-3-5-10-16(4-2)15-17(22-24-18-11-6-7-12-19(18)25-22)23-26-20-13-8-9-14-21(20)27-23/h6-9,11-16H,3-5,10H2,1-2H3,(H,24,25)(H,26,27). The van der Waals surface area contributed by atoms with Crippen LogP contribution in [0.15, 0.2) is 54.6 Å². The highest BCUT2D eigenvalue weighted by atomic mass is 15.0. The number of unbranched alkanes of at least 4 members (excludes halogenated alkanes) is 1. The summed E-state index contributed by atoms with van der Waals surface area (Å²) < 4.78 is 0. The van der Waals surface area contributed by atoms with Crippen molar-refractivity contribution >= 4 is 27.6 Å². The van der Waals surface area contributed by atoms with Gasteiger partial charge in [-0.05, 0) is 43.0 Å². The first-order chi connectivity index (χ1) is 13.3. The van der Waals surface area contributed by atoms with Crippen molar-refractivity contribution in [3.63, 3.8) is 0 Å². The molecule has 4 aromatic rings. The highest BCUT2D eigenvalue weighted by Crippen LogP contribution is 2.27. The number of aromatic amines is 2. The van der Waals surface area contributed by atoms with Crippen LogP contribution in [0.25, 0.3) is 27.6 Å². The maximum atomic E-state index is 4.84. The SMILES string of the molecule is CCCCC(C=C(c1nc2ccccc2[nH]1)c1nc2ccccc2[nH]1)CC. The third-order valence-electron chi connectivity index (χ3n) is 5.14. The van der Waals surface area contributed by atoms with Gasteiger partial charge in [-0.1, -0.05) is 57.0 Å². The highest BCUT2D eigenvalue weighted by molar-refractivity contribution is 5.85. The van der Waals surface area contributed by atoms with Gasteiger partial charge >= 0.3 is 0 Å². The summed E-state index contributed by atoms with van der Waals surface area (Å²) in [7, 11) is 0. The van der Waals surface area contributed by atoms with Gasteiger partial charge in [0.05, 0.1) is 27.6 Å². The average molecular weight is 358 g/mol. The van der Waals surface area contributed by atoms with E-state index in [0.29, 0.717) is 5.92 Å². The molecular formula is C23H26N4. The van der Waals surface area contributed by atoms with Crippen molar-refractivity contribution in [1.82, 2.24) is 19.9 Å². The quantitative estimate of drug-likeness (QED) is 0.420. The van der Waals surface area contributed by atoms with Gasteiger partial charge in [0.2, 0.25) is 0 Å². The Hall–Kier alpha value is -2.88. The van der Waals surface area contributed by atoms with E-state index in [1.54, 1.807) is 0 Å². The van der Waals surface area contributed by atoms with Crippen LogP contribution in [0.3, 0.4) is 0 Å². The van der Waals surface area contributed by atoms with E-state index in [-0.39, 0.29) is 0 Å². The number of H-pyrrole nitrogens is 2. The minimum Gasteiger partial charge on any atom is -0.338 e. The van der Waals surface area contributed by atoms with E-state index < -0.39 is 0 Å². The van der Waals surface area contributed by atoms with Crippen LogP contribution in [0.2, 0.25) is 0 Å². The van der Waals surface area contributed by atoms with E-state index in [4.69, 9.17) is 9.97 Å². The van der Waals surface area contributed by atoms with Gasteiger partial charge in [0, 0.05) is 0 Å². The summed E-state index contributed by atoms with van der Waals surface area (Å²) in [5.41, 5.74) is 5.13. The molecule has 1 atom stereocenters. The first-order valence-corrected chi connectivity index (χ1v) is 9.90. The second-order valence-corrected chi connectivity index (χ2v) is 7.10. The molecule has 2 N–H and O–H groups in total. The zero-order valence-electron chi connectivity index (χ0n) is 16.0. The predicted octanol–water partition coefficient (Wildman–Crippen LogP) is 6.09. The van der Waals surface area contributed by atoms with E-state index in [9.17, 15) is 0 Å². The zero-order valence-corrected chi connectivity index (χ0v) is 16.0. The van der Waals surface area contributed by atoms with E-state index in [1.165, 1.54) is 19.3 Å². The monoisotopic (exact) mass is 358 g/mol. The average Bonchev–Trinajstić information content (AvgIpc) is 3.32. The van der Waals surface area contributed by atoms with Gasteiger partial charge in [-0.15, -0.1) is 0 Å². The van der Waals surface area contributed by atoms with Gasteiger partial charge in [0.25, 0.3) is 0 Å². The van der Waals surface area contributed by atoms with Crippen LogP contribution in [0.4, 0.5) is 0 Å². The molecule has 0 bridgehead atoms. The van der Waals surface area contributed by atoms with Gasteiger partial charge < -0.3 is 9.97 Å². The molecule has 2 aromatic carbocycles. The fraction of sp³-hybridized carbons (Fsp3) is 0.304. The highest BCUT2D eigenvalue weighted by Gasteiger charge is 2.16. The summed E-state index contributed by atoms with van der Waals surface area (Å²) in [6.07, 6.45) is 7.11. The summed E-state index contributed by atoms with van der Waals surface area (Å²) in [5, 5.41) is 0. The lowest BCUT2D eigenvalue weighted by Gasteiger charge is -2.11. The molecule has 4 nitrogen and oxygen atoms in total. The van der Waals surface area contributed by atoms with Gasteiger partial charge in [0.1, 0.15) is 11.6 Å². The molecule has 27 heavy (non-hydrogen) atoms. The number of hydrogen-bond acceptors (Lipinski definition) is 2. The summed E-state index contributed by atoms with van der Waals surface area (Å²) in [6.45, 7) is 4.50. The van der Waals surface area contributed by atoms with Crippen LogP contribution >= 0.6 is 0 Å². The van der Waals surface area contributed by atoms with Crippen LogP contribution in [-0.4, -0.2) is 19.9 Å². The third kappa shape index (κ3) is 3.65. The zero-order chi connectivity index (χ0) is 18.6. The number of fused-ring (bicyclic) bond motifs is 2. The number of para-hydroxylation sites is 4. The molecule has 2 aromatic heterocycles. The maximum Gasteiger partial charge on any atom is 0.141 e. The molecule has 138 valence electrons. The van der Waals surface area contributed by atoms with Gasteiger partial charge in [0.15, 0.2) is 0 Å². The van der Waals surface area contributed by atoms with Crippen molar-refractivity contribution in [2.45, 2.75) is 39.5 Å². The fourth-order valence-corrected chi connectivity index (χ4v) is 3.54. The number of aromatic nitrogens is 4. The van der Waals surface area contributed by atoms with Crippen molar-refractivity contribution in [3.05, 3.63) is 66.3 Å². The Labute approximate surface area is 159 Å². The number of rotatable bonds is 7. The second-order valence-electron chi connectivity index (χ2n) is 7.10. The number of nitrogens with zero attached hydrogens (tertiary/aromatic N) is 2. The Kier molecular flexibility index (Phi) is 5.05. The van der Waals surface area contributed by atoms with Crippen LogP contribution in [0.5, 0.6) is 0 Å². The molecule has 0 aliphatic rings. The van der Waals surface area contributed by atoms with E-state index >= 15 is 0 Å². The molecule has 1 unspecified atom stereocenters. The van der Waals surface area contributed by atoms with Crippen LogP contribution in [0.1, 0.15) is 51.2 Å². The molecule has 0 radical (unpaired) electrons. The molecule has 0 aliphatic carbocycles. The fourth-order valence-electron chi connectivity index (χ4n) is 3.54. The van der Waals surface area contributed by atoms with Crippen LogP contribution < -0.4 is 0 Å². The Morgan fingerprint density at radius 1 is 0.889 bits per heavy atom. The Morgan fingerprint density at radius 3 is 1.93 bits per heavy atom. The minimum absolute atomic E-state index is 0.515. The van der Waals surface area contributed by atoms with E-state index in [1.807, 2.05) is 36.4 Å². The first-order valence-electron chi connectivity index (χ1n) is 9.90. The van der Waals surface area contributed by atoms with E-state index in [0.717, 1.165) is 45.7 Å². The van der Waals surface area contributed by atoms with E-state index in [2.05, 4.69) is 42.0 Å². The van der Waals surface area contributed by atoms with Crippen molar-refractivity contribution < 1.29 is 0 Å². The smallest absolute Gasteiger partial charge is 0.141 e. The summed E-state index contributed by atoms with van der Waals surface area (Å²) in [4.78, 5) is 16.7. The molecule has 0 aliphatic heterocycles. The molecule has 2 heterocycles. The largest absolute Gasteiger partial charge is 0.338 e. The first kappa shape index (κ1) is 17.5.